The predicted octanol–water partition coefficient (Wildman–Crippen LogP) is 2.52. The molecule has 4 rings (SSSR count). The van der Waals surface area contributed by atoms with Crippen molar-refractivity contribution in [2.75, 3.05) is 26.3 Å². The normalized spacial score (nSPS) is 17.0. The van der Waals surface area contributed by atoms with Gasteiger partial charge >= 0.3 is 0 Å². The minimum atomic E-state index is 0.0958. The molecular formula is C17H19N5O2. The first-order valence-electron chi connectivity index (χ1n) is 8.07. The molecule has 0 amide bonds. The molecule has 1 atom stereocenters. The molecule has 1 aromatic carbocycles. The van der Waals surface area contributed by atoms with E-state index in [0.29, 0.717) is 11.7 Å². The SMILES string of the molecule is C[C@@H](c1noc(-c2cn[nH]c2-c2ccccc2)n1)N1CCOCC1. The first-order valence-corrected chi connectivity index (χ1v) is 8.07. The molecule has 124 valence electrons. The highest BCUT2D eigenvalue weighted by atomic mass is 16.5. The van der Waals surface area contributed by atoms with E-state index < -0.39 is 0 Å². The van der Waals surface area contributed by atoms with E-state index in [4.69, 9.17) is 9.26 Å². The van der Waals surface area contributed by atoms with Gasteiger partial charge in [-0.25, -0.2) is 0 Å². The number of aromatic nitrogens is 4. The molecule has 7 nitrogen and oxygen atoms in total. The van der Waals surface area contributed by atoms with Crippen molar-refractivity contribution in [1.82, 2.24) is 25.2 Å². The van der Waals surface area contributed by atoms with E-state index in [1.54, 1.807) is 6.20 Å². The summed E-state index contributed by atoms with van der Waals surface area (Å²) < 4.78 is 10.9. The maximum atomic E-state index is 5.50. The quantitative estimate of drug-likeness (QED) is 0.794. The second-order valence-electron chi connectivity index (χ2n) is 5.81. The standard InChI is InChI=1S/C17H19N5O2/c1-12(22-7-9-23-10-8-22)16-19-17(24-21-16)14-11-18-20-15(14)13-5-3-2-4-6-13/h2-6,11-12H,7-10H2,1H3,(H,18,20)/t12-/m0/s1. The first kappa shape index (κ1) is 15.0. The Morgan fingerprint density at radius 2 is 1.96 bits per heavy atom. The zero-order valence-corrected chi connectivity index (χ0v) is 13.5. The Bertz CT molecular complexity index is 792. The van der Waals surface area contributed by atoms with Crippen molar-refractivity contribution in [3.8, 4) is 22.7 Å². The van der Waals surface area contributed by atoms with Crippen LogP contribution in [0.15, 0.2) is 41.1 Å². The molecule has 1 saturated heterocycles. The van der Waals surface area contributed by atoms with Crippen LogP contribution in [0.3, 0.4) is 0 Å². The van der Waals surface area contributed by atoms with Gasteiger partial charge in [-0.3, -0.25) is 10.00 Å². The van der Waals surface area contributed by atoms with Gasteiger partial charge in [-0.15, -0.1) is 0 Å². The molecule has 1 aliphatic heterocycles. The summed E-state index contributed by atoms with van der Waals surface area (Å²) in [6.45, 7) is 5.34. The van der Waals surface area contributed by atoms with Gasteiger partial charge in [-0.1, -0.05) is 35.5 Å². The van der Waals surface area contributed by atoms with Gasteiger partial charge in [0.15, 0.2) is 5.82 Å². The van der Waals surface area contributed by atoms with Crippen molar-refractivity contribution < 1.29 is 9.26 Å². The third-order valence-corrected chi connectivity index (χ3v) is 4.34. The zero-order valence-electron chi connectivity index (χ0n) is 13.5. The van der Waals surface area contributed by atoms with E-state index in [1.807, 2.05) is 30.3 Å². The third-order valence-electron chi connectivity index (χ3n) is 4.34. The number of H-pyrrole nitrogens is 1. The van der Waals surface area contributed by atoms with Crippen LogP contribution in [0, 0.1) is 0 Å². The molecule has 3 heterocycles. The summed E-state index contributed by atoms with van der Waals surface area (Å²) in [5, 5.41) is 11.3. The number of hydrogen-bond donors (Lipinski definition) is 1. The van der Waals surface area contributed by atoms with Crippen molar-refractivity contribution in [3.05, 3.63) is 42.4 Å². The van der Waals surface area contributed by atoms with Crippen LogP contribution in [0.4, 0.5) is 0 Å². The van der Waals surface area contributed by atoms with Crippen molar-refractivity contribution in [1.29, 1.82) is 0 Å². The highest BCUT2D eigenvalue weighted by Gasteiger charge is 2.24. The predicted molar refractivity (Wildman–Crippen MR) is 88.1 cm³/mol. The molecule has 0 bridgehead atoms. The molecule has 0 radical (unpaired) electrons. The first-order chi connectivity index (χ1) is 11.8. The highest BCUT2D eigenvalue weighted by molar-refractivity contribution is 5.75. The molecule has 7 heteroatoms. The Kier molecular flexibility index (Phi) is 4.10. The summed E-state index contributed by atoms with van der Waals surface area (Å²) in [6.07, 6.45) is 1.72. The van der Waals surface area contributed by atoms with Crippen molar-refractivity contribution in [2.24, 2.45) is 0 Å². The van der Waals surface area contributed by atoms with Crippen LogP contribution in [-0.4, -0.2) is 51.5 Å². The Hall–Kier alpha value is -2.51. The number of ether oxygens (including phenoxy) is 1. The van der Waals surface area contributed by atoms with Crippen molar-refractivity contribution in [2.45, 2.75) is 13.0 Å². The summed E-state index contributed by atoms with van der Waals surface area (Å²) in [6, 6.07) is 10.1. The molecule has 2 aromatic heterocycles. The number of nitrogens with one attached hydrogen (secondary N) is 1. The average Bonchev–Trinajstić information content (AvgIpc) is 3.32. The molecule has 1 fully saturated rings. The van der Waals surface area contributed by atoms with Gasteiger partial charge in [0.25, 0.3) is 5.89 Å². The van der Waals surface area contributed by atoms with E-state index in [1.165, 1.54) is 0 Å². The largest absolute Gasteiger partial charge is 0.379 e. The van der Waals surface area contributed by atoms with E-state index >= 15 is 0 Å². The van der Waals surface area contributed by atoms with Crippen LogP contribution < -0.4 is 0 Å². The maximum absolute atomic E-state index is 5.50. The van der Waals surface area contributed by atoms with Crippen LogP contribution >= 0.6 is 0 Å². The number of aromatic amines is 1. The molecule has 0 aliphatic carbocycles. The van der Waals surface area contributed by atoms with Crippen LogP contribution in [0.25, 0.3) is 22.7 Å². The van der Waals surface area contributed by atoms with Crippen LogP contribution in [0.5, 0.6) is 0 Å². The van der Waals surface area contributed by atoms with E-state index in [9.17, 15) is 0 Å². The lowest BCUT2D eigenvalue weighted by molar-refractivity contribution is 0.0178. The Morgan fingerprint density at radius 1 is 1.17 bits per heavy atom. The van der Waals surface area contributed by atoms with Crippen LogP contribution in [0.1, 0.15) is 18.8 Å². The smallest absolute Gasteiger partial charge is 0.261 e. The van der Waals surface area contributed by atoms with Gasteiger partial charge in [0, 0.05) is 18.7 Å². The van der Waals surface area contributed by atoms with Crippen LogP contribution in [-0.2, 0) is 4.74 Å². The second-order valence-corrected chi connectivity index (χ2v) is 5.81. The molecule has 1 N–H and O–H groups in total. The minimum Gasteiger partial charge on any atom is -0.379 e. The third kappa shape index (κ3) is 2.83. The Morgan fingerprint density at radius 3 is 2.75 bits per heavy atom. The molecule has 1 aliphatic rings. The van der Waals surface area contributed by atoms with Gasteiger partial charge in [-0.05, 0) is 6.92 Å². The lowest BCUT2D eigenvalue weighted by Crippen LogP contribution is -2.38. The summed E-state index contributed by atoms with van der Waals surface area (Å²) in [4.78, 5) is 6.89. The molecule has 3 aromatic rings. The summed E-state index contributed by atoms with van der Waals surface area (Å²) in [5.41, 5.74) is 2.73. The second kappa shape index (κ2) is 6.54. The Balaban J connectivity index is 1.61. The lowest BCUT2D eigenvalue weighted by Gasteiger charge is -2.30. The molecule has 24 heavy (non-hydrogen) atoms. The molecule has 0 spiro atoms. The van der Waals surface area contributed by atoms with Crippen molar-refractivity contribution >= 4 is 0 Å². The van der Waals surface area contributed by atoms with Gasteiger partial charge < -0.3 is 9.26 Å². The molecule has 0 saturated carbocycles. The fourth-order valence-electron chi connectivity index (χ4n) is 2.92. The molecule has 0 unspecified atom stereocenters. The Labute approximate surface area is 139 Å². The topological polar surface area (TPSA) is 80.1 Å². The minimum absolute atomic E-state index is 0.0958. The fraction of sp³-hybridized carbons (Fsp3) is 0.353. The number of nitrogens with zero attached hydrogens (tertiary/aromatic N) is 4. The monoisotopic (exact) mass is 325 g/mol. The van der Waals surface area contributed by atoms with E-state index in [2.05, 4.69) is 32.2 Å². The highest BCUT2D eigenvalue weighted by Crippen LogP contribution is 2.30. The zero-order chi connectivity index (χ0) is 16.4. The maximum Gasteiger partial charge on any atom is 0.261 e. The summed E-state index contributed by atoms with van der Waals surface area (Å²) in [7, 11) is 0. The summed E-state index contributed by atoms with van der Waals surface area (Å²) >= 11 is 0. The van der Waals surface area contributed by atoms with Gasteiger partial charge in [-0.2, -0.15) is 10.1 Å². The number of rotatable bonds is 4. The number of morpholine rings is 1. The van der Waals surface area contributed by atoms with Crippen molar-refractivity contribution in [3.63, 3.8) is 0 Å². The van der Waals surface area contributed by atoms with E-state index in [0.717, 1.165) is 43.1 Å². The van der Waals surface area contributed by atoms with E-state index in [-0.39, 0.29) is 6.04 Å². The fourth-order valence-corrected chi connectivity index (χ4v) is 2.92. The lowest BCUT2D eigenvalue weighted by atomic mass is 10.1. The van der Waals surface area contributed by atoms with Gasteiger partial charge in [0.1, 0.15) is 0 Å². The van der Waals surface area contributed by atoms with Gasteiger partial charge in [0.05, 0.1) is 36.7 Å². The summed E-state index contributed by atoms with van der Waals surface area (Å²) in [5.74, 6) is 1.17. The number of hydrogen-bond acceptors (Lipinski definition) is 6. The van der Waals surface area contributed by atoms with Gasteiger partial charge in [0.2, 0.25) is 0 Å². The van der Waals surface area contributed by atoms with Crippen LogP contribution in [0.2, 0.25) is 0 Å². The average molecular weight is 325 g/mol. The number of benzene rings is 1. The molecular weight excluding hydrogens is 306 g/mol.